The van der Waals surface area contributed by atoms with Gasteiger partial charge in [0.05, 0.1) is 6.16 Å². The van der Waals surface area contributed by atoms with E-state index >= 15 is 0 Å². The van der Waals surface area contributed by atoms with Gasteiger partial charge in [0, 0.05) is 11.4 Å². The molecule has 4 N–H and O–H groups in total. The van der Waals surface area contributed by atoms with Crippen molar-refractivity contribution >= 4 is 19.2 Å². The van der Waals surface area contributed by atoms with Gasteiger partial charge in [-0.2, -0.15) is 0 Å². The first-order valence-electron chi connectivity index (χ1n) is 3.79. The first-order chi connectivity index (χ1) is 5.35. The van der Waals surface area contributed by atoms with Crippen molar-refractivity contribution in [2.45, 2.75) is 31.2 Å². The summed E-state index contributed by atoms with van der Waals surface area (Å²) >= 11 is 5.67. The summed E-state index contributed by atoms with van der Waals surface area (Å²) in [4.78, 5) is 17.1. The summed E-state index contributed by atoms with van der Waals surface area (Å²) in [5.41, 5.74) is 5.56. The Hall–Kier alpha value is 0.400. The predicted molar refractivity (Wildman–Crippen MR) is 49.4 cm³/mol. The smallest absolute Gasteiger partial charge is 0.327 e. The van der Waals surface area contributed by atoms with Gasteiger partial charge in [-0.15, -0.1) is 11.6 Å². The van der Waals surface area contributed by atoms with Gasteiger partial charge in [0.2, 0.25) is 0 Å². The minimum atomic E-state index is -3.98. The van der Waals surface area contributed by atoms with E-state index in [1.165, 1.54) is 0 Å². The van der Waals surface area contributed by atoms with Crippen LogP contribution in [0, 0.1) is 0 Å². The van der Waals surface area contributed by atoms with E-state index in [2.05, 4.69) is 0 Å². The largest absolute Gasteiger partial charge is 0.328 e. The third kappa shape index (κ3) is 7.07. The second-order valence-corrected chi connectivity index (χ2v) is 5.16. The lowest BCUT2D eigenvalue weighted by atomic mass is 10.1. The number of rotatable bonds is 5. The molecule has 12 heavy (non-hydrogen) atoms. The molecule has 0 aliphatic heterocycles. The van der Waals surface area contributed by atoms with Crippen LogP contribution in [0.4, 0.5) is 0 Å². The molecule has 0 aromatic carbocycles. The molecule has 0 rings (SSSR count). The van der Waals surface area contributed by atoms with Gasteiger partial charge in [0.25, 0.3) is 0 Å². The third-order valence-corrected chi connectivity index (χ3v) is 2.98. The Morgan fingerprint density at radius 1 is 1.58 bits per heavy atom. The van der Waals surface area contributed by atoms with Crippen LogP contribution in [0.5, 0.6) is 0 Å². The van der Waals surface area contributed by atoms with Crippen LogP contribution in [0.15, 0.2) is 0 Å². The summed E-state index contributed by atoms with van der Waals surface area (Å²) in [7, 11) is -3.98. The second kappa shape index (κ2) is 5.20. The van der Waals surface area contributed by atoms with Gasteiger partial charge in [0.15, 0.2) is 0 Å². The summed E-state index contributed by atoms with van der Waals surface area (Å²) in [5.74, 6) is 0. The fraction of sp³-hybridized carbons (Fsp3) is 1.00. The number of nitrogens with two attached hydrogens (primary N) is 1. The van der Waals surface area contributed by atoms with Crippen molar-refractivity contribution < 1.29 is 14.4 Å². The molecule has 0 fully saturated rings. The second-order valence-electron chi connectivity index (χ2n) is 2.85. The van der Waals surface area contributed by atoms with Crippen LogP contribution in [0.1, 0.15) is 19.8 Å². The Morgan fingerprint density at radius 3 is 2.42 bits per heavy atom. The molecule has 0 aromatic heterocycles. The van der Waals surface area contributed by atoms with Gasteiger partial charge in [-0.3, -0.25) is 4.57 Å². The molecule has 0 aliphatic carbocycles. The number of hydrogen-bond donors (Lipinski definition) is 3. The molecule has 0 radical (unpaired) electrons. The van der Waals surface area contributed by atoms with Crippen LogP contribution in [0.25, 0.3) is 0 Å². The Morgan fingerprint density at radius 2 is 2.08 bits per heavy atom. The van der Waals surface area contributed by atoms with Crippen LogP contribution < -0.4 is 5.73 Å². The molecule has 74 valence electrons. The van der Waals surface area contributed by atoms with Gasteiger partial charge < -0.3 is 15.5 Å². The van der Waals surface area contributed by atoms with Crippen LogP contribution >= 0.6 is 19.2 Å². The highest BCUT2D eigenvalue weighted by Crippen LogP contribution is 2.37. The zero-order valence-electron chi connectivity index (χ0n) is 6.98. The van der Waals surface area contributed by atoms with Gasteiger partial charge >= 0.3 is 7.60 Å². The Bertz CT molecular complexity index is 172. The highest BCUT2D eigenvalue weighted by molar-refractivity contribution is 7.51. The molecule has 0 spiro atoms. The van der Waals surface area contributed by atoms with Crippen molar-refractivity contribution in [3.05, 3.63) is 0 Å². The van der Waals surface area contributed by atoms with Crippen molar-refractivity contribution in [2.75, 3.05) is 6.16 Å². The minimum Gasteiger partial charge on any atom is -0.328 e. The molecule has 6 heteroatoms. The van der Waals surface area contributed by atoms with Crippen molar-refractivity contribution in [2.24, 2.45) is 5.73 Å². The first kappa shape index (κ1) is 12.4. The summed E-state index contributed by atoms with van der Waals surface area (Å²) in [6.07, 6.45) is 0.926. The molecule has 0 heterocycles. The summed E-state index contributed by atoms with van der Waals surface area (Å²) < 4.78 is 10.5. The average Bonchev–Trinajstić information content (AvgIpc) is 1.82. The lowest BCUT2D eigenvalue weighted by molar-refractivity contribution is 0.370. The summed E-state index contributed by atoms with van der Waals surface area (Å²) in [5, 5.41) is -0.527. The van der Waals surface area contributed by atoms with Crippen molar-refractivity contribution in [1.82, 2.24) is 0 Å². The van der Waals surface area contributed by atoms with Crippen LogP contribution in [-0.2, 0) is 4.57 Å². The molecule has 2 unspecified atom stereocenters. The van der Waals surface area contributed by atoms with Crippen molar-refractivity contribution in [3.63, 3.8) is 0 Å². The van der Waals surface area contributed by atoms with E-state index in [-0.39, 0.29) is 12.2 Å². The molecule has 2 atom stereocenters. The van der Waals surface area contributed by atoms with E-state index in [1.807, 2.05) is 6.92 Å². The fourth-order valence-corrected chi connectivity index (χ4v) is 2.26. The first-order valence-corrected chi connectivity index (χ1v) is 6.02. The third-order valence-electron chi connectivity index (χ3n) is 1.52. The van der Waals surface area contributed by atoms with E-state index < -0.39 is 13.0 Å². The van der Waals surface area contributed by atoms with E-state index in [9.17, 15) is 4.57 Å². The molecular formula is C6H15ClNO3P. The average molecular weight is 216 g/mol. The predicted octanol–water partition coefficient (Wildman–Crippen LogP) is 0.899. The highest BCUT2D eigenvalue weighted by Gasteiger charge is 2.20. The number of hydrogen-bond acceptors (Lipinski definition) is 2. The molecule has 0 aromatic rings. The lowest BCUT2D eigenvalue weighted by Crippen LogP contribution is -2.24. The topological polar surface area (TPSA) is 83.6 Å². The fourth-order valence-electron chi connectivity index (χ4n) is 0.828. The van der Waals surface area contributed by atoms with Crippen molar-refractivity contribution in [1.29, 1.82) is 0 Å². The Balaban J connectivity index is 3.74. The molecule has 0 bridgehead atoms. The van der Waals surface area contributed by atoms with Crippen LogP contribution in [0.2, 0.25) is 0 Å². The SMILES string of the molecule is CCC(N)CC(Cl)CP(=O)(O)O. The maximum atomic E-state index is 10.5. The Kier molecular flexibility index (Phi) is 5.37. The number of alkyl halides is 1. The van der Waals surface area contributed by atoms with E-state index in [4.69, 9.17) is 27.1 Å². The van der Waals surface area contributed by atoms with Crippen LogP contribution in [-0.4, -0.2) is 27.4 Å². The Labute approximate surface area is 77.3 Å². The molecule has 4 nitrogen and oxygen atoms in total. The summed E-state index contributed by atoms with van der Waals surface area (Å²) in [6, 6.07) is -0.0703. The summed E-state index contributed by atoms with van der Waals surface area (Å²) in [6.45, 7) is 1.91. The standard InChI is InChI=1S/C6H15ClNO3P/c1-2-6(8)3-5(7)4-12(9,10)11/h5-6H,2-4,8H2,1H3,(H2,9,10,11). The zero-order valence-corrected chi connectivity index (χ0v) is 8.63. The van der Waals surface area contributed by atoms with Gasteiger partial charge in [-0.1, -0.05) is 6.92 Å². The van der Waals surface area contributed by atoms with E-state index in [0.717, 1.165) is 6.42 Å². The molecular weight excluding hydrogens is 200 g/mol. The molecule has 0 saturated heterocycles. The highest BCUT2D eigenvalue weighted by atomic mass is 35.5. The maximum absolute atomic E-state index is 10.5. The molecule has 0 saturated carbocycles. The van der Waals surface area contributed by atoms with E-state index in [1.54, 1.807) is 0 Å². The van der Waals surface area contributed by atoms with Gasteiger partial charge in [-0.25, -0.2) is 0 Å². The van der Waals surface area contributed by atoms with E-state index in [0.29, 0.717) is 6.42 Å². The zero-order chi connectivity index (χ0) is 9.78. The van der Waals surface area contributed by atoms with Crippen LogP contribution in [0.3, 0.4) is 0 Å². The molecule has 0 amide bonds. The van der Waals surface area contributed by atoms with Gasteiger partial charge in [0.1, 0.15) is 0 Å². The number of halogens is 1. The lowest BCUT2D eigenvalue weighted by Gasteiger charge is -2.14. The maximum Gasteiger partial charge on any atom is 0.327 e. The normalized spacial score (nSPS) is 17.4. The quantitative estimate of drug-likeness (QED) is 0.470. The molecule has 0 aliphatic rings. The van der Waals surface area contributed by atoms with Gasteiger partial charge in [-0.05, 0) is 12.8 Å². The van der Waals surface area contributed by atoms with Crippen molar-refractivity contribution in [3.8, 4) is 0 Å². The minimum absolute atomic E-state index is 0.0703. The monoisotopic (exact) mass is 215 g/mol.